The average Bonchev–Trinajstić information content (AvgIpc) is 2.30. The van der Waals surface area contributed by atoms with E-state index in [9.17, 15) is 0 Å². The van der Waals surface area contributed by atoms with Crippen molar-refractivity contribution in [3.05, 3.63) is 17.4 Å². The fourth-order valence-corrected chi connectivity index (χ4v) is 1.81. The number of hydrogen-bond donors (Lipinski definition) is 2. The first-order valence-electron chi connectivity index (χ1n) is 5.29. The lowest BCUT2D eigenvalue weighted by Crippen LogP contribution is -2.39. The minimum absolute atomic E-state index is 0. The molecule has 4 nitrogen and oxygen atoms in total. The number of halogens is 2. The van der Waals surface area contributed by atoms with Gasteiger partial charge in [0.2, 0.25) is 5.95 Å². The predicted molar refractivity (Wildman–Crippen MR) is 68.4 cm³/mol. The maximum absolute atomic E-state index is 5.70. The molecule has 1 unspecified atom stereocenters. The Morgan fingerprint density at radius 1 is 1.38 bits per heavy atom. The molecule has 1 aromatic rings. The lowest BCUT2D eigenvalue weighted by molar-refractivity contribution is 0.413. The van der Waals surface area contributed by atoms with Gasteiger partial charge < -0.3 is 10.6 Å². The normalized spacial score (nSPS) is 19.9. The summed E-state index contributed by atoms with van der Waals surface area (Å²) in [6, 6.07) is 0.540. The van der Waals surface area contributed by atoms with E-state index in [0.29, 0.717) is 17.0 Å². The second kappa shape index (κ2) is 6.89. The molecule has 2 heterocycles. The summed E-state index contributed by atoms with van der Waals surface area (Å²) in [4.78, 5) is 8.16. The topological polar surface area (TPSA) is 49.8 Å². The van der Waals surface area contributed by atoms with Crippen molar-refractivity contribution in [3.8, 4) is 0 Å². The molecule has 0 radical (unpaired) electrons. The zero-order valence-electron chi connectivity index (χ0n) is 8.95. The maximum Gasteiger partial charge on any atom is 0.222 e. The lowest BCUT2D eigenvalue weighted by Gasteiger charge is -2.23. The molecule has 1 atom stereocenters. The minimum atomic E-state index is 0. The first-order valence-corrected chi connectivity index (χ1v) is 5.67. The monoisotopic (exact) mass is 262 g/mol. The molecule has 1 aliphatic heterocycles. The zero-order chi connectivity index (χ0) is 10.5. The second-order valence-corrected chi connectivity index (χ2v) is 4.19. The van der Waals surface area contributed by atoms with E-state index >= 15 is 0 Å². The van der Waals surface area contributed by atoms with Crippen LogP contribution in [0.5, 0.6) is 0 Å². The number of hydrogen-bond acceptors (Lipinski definition) is 4. The van der Waals surface area contributed by atoms with Crippen molar-refractivity contribution in [2.45, 2.75) is 25.3 Å². The number of rotatable bonds is 3. The summed E-state index contributed by atoms with van der Waals surface area (Å²) < 4.78 is 0. The van der Waals surface area contributed by atoms with Crippen molar-refractivity contribution in [2.75, 3.05) is 18.4 Å². The van der Waals surface area contributed by atoms with Crippen LogP contribution < -0.4 is 10.6 Å². The van der Waals surface area contributed by atoms with E-state index < -0.39 is 0 Å². The van der Waals surface area contributed by atoms with Gasteiger partial charge in [0.15, 0.2) is 0 Å². The number of piperidine rings is 1. The van der Waals surface area contributed by atoms with Crippen LogP contribution in [0.3, 0.4) is 0 Å². The number of aromatic nitrogens is 2. The molecular formula is C10H16Cl2N4. The highest BCUT2D eigenvalue weighted by Gasteiger charge is 2.11. The molecule has 16 heavy (non-hydrogen) atoms. The summed E-state index contributed by atoms with van der Waals surface area (Å²) in [6.45, 7) is 2.00. The van der Waals surface area contributed by atoms with Crippen LogP contribution in [0.4, 0.5) is 5.95 Å². The molecule has 0 spiro atoms. The summed E-state index contributed by atoms with van der Waals surface area (Å²) in [6.07, 6.45) is 7.02. The van der Waals surface area contributed by atoms with Crippen LogP contribution in [0.2, 0.25) is 5.02 Å². The average molecular weight is 263 g/mol. The molecule has 2 N–H and O–H groups in total. The molecule has 0 aromatic carbocycles. The van der Waals surface area contributed by atoms with Gasteiger partial charge in [-0.05, 0) is 19.4 Å². The molecule has 90 valence electrons. The van der Waals surface area contributed by atoms with Gasteiger partial charge in [0.25, 0.3) is 0 Å². The fraction of sp³-hybridized carbons (Fsp3) is 0.600. The van der Waals surface area contributed by atoms with Gasteiger partial charge >= 0.3 is 0 Å². The molecule has 1 aromatic heterocycles. The van der Waals surface area contributed by atoms with Gasteiger partial charge in [-0.15, -0.1) is 12.4 Å². The van der Waals surface area contributed by atoms with Crippen LogP contribution in [0.15, 0.2) is 12.4 Å². The largest absolute Gasteiger partial charge is 0.353 e. The molecule has 2 rings (SSSR count). The molecule has 0 aliphatic carbocycles. The Bertz CT molecular complexity index is 298. The van der Waals surface area contributed by atoms with E-state index in [0.717, 1.165) is 13.1 Å². The van der Waals surface area contributed by atoms with Gasteiger partial charge in [-0.1, -0.05) is 18.0 Å². The van der Waals surface area contributed by atoms with Gasteiger partial charge in [0, 0.05) is 12.6 Å². The maximum atomic E-state index is 5.70. The van der Waals surface area contributed by atoms with E-state index in [1.165, 1.54) is 19.3 Å². The third-order valence-electron chi connectivity index (χ3n) is 2.54. The molecule has 0 bridgehead atoms. The highest BCUT2D eigenvalue weighted by molar-refractivity contribution is 6.30. The quantitative estimate of drug-likeness (QED) is 0.876. The van der Waals surface area contributed by atoms with E-state index in [1.807, 2.05) is 0 Å². The van der Waals surface area contributed by atoms with Crippen LogP contribution in [0.1, 0.15) is 19.3 Å². The third-order valence-corrected chi connectivity index (χ3v) is 2.73. The van der Waals surface area contributed by atoms with Crippen molar-refractivity contribution in [2.24, 2.45) is 0 Å². The Hall–Kier alpha value is -0.580. The third kappa shape index (κ3) is 4.12. The van der Waals surface area contributed by atoms with Crippen LogP contribution in [-0.2, 0) is 0 Å². The SMILES string of the molecule is Cl.Clc1cnc(NCC2CCCCN2)nc1. The molecule has 0 saturated carbocycles. The second-order valence-electron chi connectivity index (χ2n) is 3.75. The molecule has 1 aliphatic rings. The molecule has 1 saturated heterocycles. The van der Waals surface area contributed by atoms with E-state index in [2.05, 4.69) is 20.6 Å². The summed E-state index contributed by atoms with van der Waals surface area (Å²) in [5.41, 5.74) is 0. The van der Waals surface area contributed by atoms with Crippen molar-refractivity contribution >= 4 is 30.0 Å². The molecule has 0 amide bonds. The summed E-state index contributed by atoms with van der Waals surface area (Å²) in [7, 11) is 0. The van der Waals surface area contributed by atoms with Crippen molar-refractivity contribution in [1.29, 1.82) is 0 Å². The highest BCUT2D eigenvalue weighted by atomic mass is 35.5. The Morgan fingerprint density at radius 2 is 2.12 bits per heavy atom. The lowest BCUT2D eigenvalue weighted by atomic mass is 10.1. The highest BCUT2D eigenvalue weighted by Crippen LogP contribution is 2.09. The van der Waals surface area contributed by atoms with Crippen molar-refractivity contribution in [1.82, 2.24) is 15.3 Å². The number of anilines is 1. The van der Waals surface area contributed by atoms with E-state index in [4.69, 9.17) is 11.6 Å². The Balaban J connectivity index is 0.00000128. The smallest absolute Gasteiger partial charge is 0.222 e. The molecular weight excluding hydrogens is 247 g/mol. The van der Waals surface area contributed by atoms with Gasteiger partial charge in [-0.25, -0.2) is 9.97 Å². The Kier molecular flexibility index (Phi) is 5.80. The van der Waals surface area contributed by atoms with Crippen LogP contribution in [-0.4, -0.2) is 29.1 Å². The van der Waals surface area contributed by atoms with Crippen LogP contribution >= 0.6 is 24.0 Å². The van der Waals surface area contributed by atoms with Gasteiger partial charge in [-0.2, -0.15) is 0 Å². The number of nitrogens with zero attached hydrogens (tertiary/aromatic N) is 2. The minimum Gasteiger partial charge on any atom is -0.353 e. The first kappa shape index (κ1) is 13.5. The summed E-state index contributed by atoms with van der Waals surface area (Å²) in [5, 5.41) is 7.22. The van der Waals surface area contributed by atoms with Crippen molar-refractivity contribution in [3.63, 3.8) is 0 Å². The van der Waals surface area contributed by atoms with E-state index in [-0.39, 0.29) is 12.4 Å². The van der Waals surface area contributed by atoms with Crippen LogP contribution in [0, 0.1) is 0 Å². The number of nitrogens with one attached hydrogen (secondary N) is 2. The predicted octanol–water partition coefficient (Wildman–Crippen LogP) is 2.11. The van der Waals surface area contributed by atoms with Gasteiger partial charge in [0.1, 0.15) is 0 Å². The van der Waals surface area contributed by atoms with Crippen LogP contribution in [0.25, 0.3) is 0 Å². The first-order chi connectivity index (χ1) is 7.34. The van der Waals surface area contributed by atoms with Gasteiger partial charge in [-0.3, -0.25) is 0 Å². The summed E-state index contributed by atoms with van der Waals surface area (Å²) >= 11 is 5.70. The standard InChI is InChI=1S/C10H15ClN4.ClH/c11-8-5-13-10(14-6-8)15-7-9-3-1-2-4-12-9;/h5-6,9,12H,1-4,7H2,(H,13,14,15);1H. The zero-order valence-corrected chi connectivity index (χ0v) is 10.5. The van der Waals surface area contributed by atoms with Gasteiger partial charge in [0.05, 0.1) is 17.4 Å². The Morgan fingerprint density at radius 3 is 2.75 bits per heavy atom. The summed E-state index contributed by atoms with van der Waals surface area (Å²) in [5.74, 6) is 0.645. The Labute approximate surface area is 107 Å². The van der Waals surface area contributed by atoms with E-state index in [1.54, 1.807) is 12.4 Å². The molecule has 6 heteroatoms. The molecule has 1 fully saturated rings. The van der Waals surface area contributed by atoms with Crippen molar-refractivity contribution < 1.29 is 0 Å². The fourth-order valence-electron chi connectivity index (χ4n) is 1.72.